The number of piperidine rings is 1. The van der Waals surface area contributed by atoms with Gasteiger partial charge in [-0.2, -0.15) is 0 Å². The fourth-order valence-electron chi connectivity index (χ4n) is 2.63. The van der Waals surface area contributed by atoms with Crippen LogP contribution in [0.2, 0.25) is 0 Å². The summed E-state index contributed by atoms with van der Waals surface area (Å²) < 4.78 is 0. The second kappa shape index (κ2) is 4.86. The zero-order chi connectivity index (χ0) is 12.4. The number of fused-ring (bicyclic) bond motifs is 1. The van der Waals surface area contributed by atoms with Crippen LogP contribution in [0, 0.1) is 5.92 Å². The van der Waals surface area contributed by atoms with Gasteiger partial charge in [-0.15, -0.1) is 0 Å². The predicted molar refractivity (Wildman–Crippen MR) is 71.7 cm³/mol. The summed E-state index contributed by atoms with van der Waals surface area (Å²) in [7, 11) is 0. The van der Waals surface area contributed by atoms with Gasteiger partial charge < -0.3 is 5.32 Å². The monoisotopic (exact) mass is 240 g/mol. The second-order valence-corrected chi connectivity index (χ2v) is 4.79. The smallest absolute Gasteiger partial charge is 0.166 e. The lowest BCUT2D eigenvalue weighted by molar-refractivity contribution is 0.0897. The Labute approximate surface area is 106 Å². The molecule has 1 saturated heterocycles. The Bertz CT molecular complexity index is 568. The fourth-order valence-corrected chi connectivity index (χ4v) is 2.63. The molecule has 1 fully saturated rings. The highest BCUT2D eigenvalue weighted by atomic mass is 16.1. The number of carbonyl (C=O) groups excluding carboxylic acids is 1. The van der Waals surface area contributed by atoms with E-state index in [0.717, 1.165) is 42.3 Å². The van der Waals surface area contributed by atoms with Crippen molar-refractivity contribution in [3.05, 3.63) is 42.2 Å². The first-order valence-electron chi connectivity index (χ1n) is 6.44. The standard InChI is InChI=1S/C15H16N2O/c18-15(12-5-7-16-8-6-12)13-3-1-2-11-4-9-17-10-14(11)13/h1-4,9-10,12,16H,5-8H2. The Balaban J connectivity index is 2.00. The molecule has 2 heterocycles. The van der Waals surface area contributed by atoms with E-state index >= 15 is 0 Å². The molecule has 3 rings (SSSR count). The van der Waals surface area contributed by atoms with Gasteiger partial charge in [0.15, 0.2) is 5.78 Å². The third-order valence-electron chi connectivity index (χ3n) is 3.66. The van der Waals surface area contributed by atoms with Crippen molar-refractivity contribution in [2.24, 2.45) is 5.92 Å². The molecule has 0 unspecified atom stereocenters. The maximum absolute atomic E-state index is 12.6. The van der Waals surface area contributed by atoms with Crippen LogP contribution >= 0.6 is 0 Å². The van der Waals surface area contributed by atoms with Crippen molar-refractivity contribution in [3.63, 3.8) is 0 Å². The zero-order valence-electron chi connectivity index (χ0n) is 10.2. The summed E-state index contributed by atoms with van der Waals surface area (Å²) in [6, 6.07) is 7.86. The molecule has 1 aromatic heterocycles. The summed E-state index contributed by atoms with van der Waals surface area (Å²) in [6.45, 7) is 1.89. The Hall–Kier alpha value is -1.74. The van der Waals surface area contributed by atoms with Crippen molar-refractivity contribution >= 4 is 16.6 Å². The third-order valence-corrected chi connectivity index (χ3v) is 3.66. The Morgan fingerprint density at radius 2 is 2.06 bits per heavy atom. The minimum absolute atomic E-state index is 0.164. The fraction of sp³-hybridized carbons (Fsp3) is 0.333. The summed E-state index contributed by atoms with van der Waals surface area (Å²) in [4.78, 5) is 16.7. The predicted octanol–water partition coefficient (Wildman–Crippen LogP) is 2.42. The molecule has 1 aromatic carbocycles. The molecule has 3 nitrogen and oxygen atoms in total. The number of aromatic nitrogens is 1. The van der Waals surface area contributed by atoms with Gasteiger partial charge in [-0.1, -0.05) is 18.2 Å². The number of carbonyl (C=O) groups is 1. The molecule has 18 heavy (non-hydrogen) atoms. The van der Waals surface area contributed by atoms with Gasteiger partial charge in [0, 0.05) is 29.3 Å². The van der Waals surface area contributed by atoms with Crippen molar-refractivity contribution in [2.45, 2.75) is 12.8 Å². The largest absolute Gasteiger partial charge is 0.317 e. The average Bonchev–Trinajstić information content (AvgIpc) is 2.47. The SMILES string of the molecule is O=C(c1cccc2ccncc12)C1CCNCC1. The number of rotatable bonds is 2. The van der Waals surface area contributed by atoms with E-state index in [1.54, 1.807) is 12.4 Å². The molecule has 0 saturated carbocycles. The van der Waals surface area contributed by atoms with Crippen molar-refractivity contribution in [1.29, 1.82) is 0 Å². The Kier molecular flexibility index (Phi) is 3.07. The number of nitrogens with zero attached hydrogens (tertiary/aromatic N) is 1. The molecule has 0 atom stereocenters. The van der Waals surface area contributed by atoms with Gasteiger partial charge in [-0.05, 0) is 37.4 Å². The molecule has 3 heteroatoms. The van der Waals surface area contributed by atoms with E-state index in [2.05, 4.69) is 10.3 Å². The minimum atomic E-state index is 0.164. The summed E-state index contributed by atoms with van der Waals surface area (Å²) >= 11 is 0. The first-order chi connectivity index (χ1) is 8.86. The van der Waals surface area contributed by atoms with Crippen molar-refractivity contribution in [1.82, 2.24) is 10.3 Å². The molecule has 1 aliphatic rings. The highest BCUT2D eigenvalue weighted by molar-refractivity contribution is 6.08. The maximum Gasteiger partial charge on any atom is 0.166 e. The molecule has 2 aromatic rings. The molecular weight excluding hydrogens is 224 g/mol. The number of ketones is 1. The van der Waals surface area contributed by atoms with Gasteiger partial charge in [-0.3, -0.25) is 9.78 Å². The highest BCUT2D eigenvalue weighted by Crippen LogP contribution is 2.24. The van der Waals surface area contributed by atoms with E-state index in [9.17, 15) is 4.79 Å². The highest BCUT2D eigenvalue weighted by Gasteiger charge is 2.23. The average molecular weight is 240 g/mol. The lowest BCUT2D eigenvalue weighted by atomic mass is 9.88. The normalized spacial score (nSPS) is 16.9. The van der Waals surface area contributed by atoms with E-state index < -0.39 is 0 Å². The summed E-state index contributed by atoms with van der Waals surface area (Å²) in [6.07, 6.45) is 5.44. The van der Waals surface area contributed by atoms with Crippen LogP contribution in [0.5, 0.6) is 0 Å². The van der Waals surface area contributed by atoms with Crippen LogP contribution in [0.15, 0.2) is 36.7 Å². The van der Waals surface area contributed by atoms with Crippen molar-refractivity contribution in [2.75, 3.05) is 13.1 Å². The molecular formula is C15H16N2O. The molecule has 0 amide bonds. The maximum atomic E-state index is 12.6. The van der Waals surface area contributed by atoms with Crippen LogP contribution in [-0.2, 0) is 0 Å². The summed E-state index contributed by atoms with van der Waals surface area (Å²) in [5.74, 6) is 0.437. The first kappa shape index (κ1) is 11.4. The van der Waals surface area contributed by atoms with E-state index in [1.807, 2.05) is 24.3 Å². The molecule has 1 aliphatic heterocycles. The summed E-state index contributed by atoms with van der Waals surface area (Å²) in [5, 5.41) is 5.36. The number of hydrogen-bond acceptors (Lipinski definition) is 3. The molecule has 1 N–H and O–H groups in total. The van der Waals surface area contributed by atoms with E-state index in [1.165, 1.54) is 0 Å². The lowest BCUT2D eigenvalue weighted by Gasteiger charge is -2.21. The van der Waals surface area contributed by atoms with Crippen LogP contribution in [0.3, 0.4) is 0 Å². The van der Waals surface area contributed by atoms with Gasteiger partial charge in [-0.25, -0.2) is 0 Å². The summed E-state index contributed by atoms with van der Waals surface area (Å²) in [5.41, 5.74) is 0.826. The quantitative estimate of drug-likeness (QED) is 0.820. The van der Waals surface area contributed by atoms with Gasteiger partial charge in [0.25, 0.3) is 0 Å². The lowest BCUT2D eigenvalue weighted by Crippen LogP contribution is -2.31. The first-order valence-corrected chi connectivity index (χ1v) is 6.44. The van der Waals surface area contributed by atoms with Gasteiger partial charge in [0.2, 0.25) is 0 Å². The topological polar surface area (TPSA) is 42.0 Å². The minimum Gasteiger partial charge on any atom is -0.317 e. The molecule has 92 valence electrons. The van der Waals surface area contributed by atoms with E-state index in [-0.39, 0.29) is 11.7 Å². The van der Waals surface area contributed by atoms with Gasteiger partial charge in [0.05, 0.1) is 0 Å². The van der Waals surface area contributed by atoms with Crippen LogP contribution in [0.1, 0.15) is 23.2 Å². The number of Topliss-reactive ketones (excluding diaryl/α,β-unsaturated/α-hetero) is 1. The molecule has 0 aliphatic carbocycles. The van der Waals surface area contributed by atoms with Crippen LogP contribution < -0.4 is 5.32 Å². The van der Waals surface area contributed by atoms with E-state index in [0.29, 0.717) is 0 Å². The zero-order valence-corrected chi connectivity index (χ0v) is 10.2. The van der Waals surface area contributed by atoms with Crippen LogP contribution in [-0.4, -0.2) is 23.9 Å². The van der Waals surface area contributed by atoms with Crippen molar-refractivity contribution < 1.29 is 4.79 Å². The number of pyridine rings is 1. The van der Waals surface area contributed by atoms with Crippen LogP contribution in [0.4, 0.5) is 0 Å². The number of nitrogens with one attached hydrogen (secondary N) is 1. The van der Waals surface area contributed by atoms with Gasteiger partial charge in [0.1, 0.15) is 0 Å². The Morgan fingerprint density at radius 1 is 1.22 bits per heavy atom. The molecule has 0 bridgehead atoms. The Morgan fingerprint density at radius 3 is 2.89 bits per heavy atom. The van der Waals surface area contributed by atoms with Crippen molar-refractivity contribution in [3.8, 4) is 0 Å². The van der Waals surface area contributed by atoms with Gasteiger partial charge >= 0.3 is 0 Å². The van der Waals surface area contributed by atoms with E-state index in [4.69, 9.17) is 0 Å². The molecule has 0 radical (unpaired) electrons. The van der Waals surface area contributed by atoms with Crippen LogP contribution in [0.25, 0.3) is 10.8 Å². The number of benzene rings is 1. The molecule has 0 spiro atoms. The number of hydrogen-bond donors (Lipinski definition) is 1. The second-order valence-electron chi connectivity index (χ2n) is 4.79. The third kappa shape index (κ3) is 2.02.